The van der Waals surface area contributed by atoms with E-state index in [1.807, 2.05) is 73.3 Å². The first-order valence-electron chi connectivity index (χ1n) is 10.5. The van der Waals surface area contributed by atoms with E-state index in [1.165, 1.54) is 0 Å². The third-order valence-electron chi connectivity index (χ3n) is 5.62. The van der Waals surface area contributed by atoms with Crippen molar-refractivity contribution in [2.45, 2.75) is 50.6 Å². The number of aromatic nitrogens is 4. The predicted octanol–water partition coefficient (Wildman–Crippen LogP) is 3.02. The molecule has 162 valence electrons. The third-order valence-corrected chi connectivity index (χ3v) is 5.62. The Labute approximate surface area is 181 Å². The van der Waals surface area contributed by atoms with Crippen LogP contribution >= 0.6 is 0 Å². The molecular formula is C23H26N4O4. The number of pyridine rings is 1. The van der Waals surface area contributed by atoms with Crippen LogP contribution in [0.25, 0.3) is 11.4 Å². The lowest BCUT2D eigenvalue weighted by atomic mass is 10.0. The topological polar surface area (TPSA) is 80.5 Å². The lowest BCUT2D eigenvalue weighted by Crippen LogP contribution is -2.41. The smallest absolute Gasteiger partial charge is 0.163 e. The molecule has 8 nitrogen and oxygen atoms in total. The largest absolute Gasteiger partial charge is 0.370 e. The first-order valence-corrected chi connectivity index (χ1v) is 10.5. The summed E-state index contributed by atoms with van der Waals surface area (Å²) in [6, 6.07) is 15.7. The van der Waals surface area contributed by atoms with Crippen LogP contribution in [0.4, 0.5) is 0 Å². The molecule has 0 bridgehead atoms. The Morgan fingerprint density at radius 3 is 2.65 bits per heavy atom. The van der Waals surface area contributed by atoms with Gasteiger partial charge in [0.15, 0.2) is 5.79 Å². The number of rotatable bonds is 6. The van der Waals surface area contributed by atoms with E-state index in [4.69, 9.17) is 18.9 Å². The average molecular weight is 422 g/mol. The molecule has 8 heteroatoms. The Morgan fingerprint density at radius 2 is 1.90 bits per heavy atom. The number of nitrogens with zero attached hydrogens (tertiary/aromatic N) is 4. The highest BCUT2D eigenvalue weighted by atomic mass is 16.8. The molecule has 4 heterocycles. The number of benzene rings is 1. The number of hydrogen-bond acceptors (Lipinski definition) is 7. The first kappa shape index (κ1) is 20.3. The van der Waals surface area contributed by atoms with Gasteiger partial charge in [0.1, 0.15) is 30.0 Å². The maximum Gasteiger partial charge on any atom is 0.163 e. The molecule has 2 aromatic heterocycles. The molecule has 0 amide bonds. The van der Waals surface area contributed by atoms with Gasteiger partial charge in [0.2, 0.25) is 0 Å². The van der Waals surface area contributed by atoms with Crippen LogP contribution in [0, 0.1) is 0 Å². The van der Waals surface area contributed by atoms with Gasteiger partial charge in [0.25, 0.3) is 0 Å². The first-order chi connectivity index (χ1) is 15.1. The molecule has 0 aliphatic carbocycles. The third kappa shape index (κ3) is 4.38. The Balaban J connectivity index is 1.38. The Bertz CT molecular complexity index is 995. The van der Waals surface area contributed by atoms with Crippen LogP contribution in [0.1, 0.15) is 25.5 Å². The van der Waals surface area contributed by atoms with E-state index >= 15 is 0 Å². The lowest BCUT2D eigenvalue weighted by Gasteiger charge is -2.27. The maximum absolute atomic E-state index is 6.40. The molecule has 1 aromatic carbocycles. The minimum Gasteiger partial charge on any atom is -0.370 e. The Kier molecular flexibility index (Phi) is 5.54. The maximum atomic E-state index is 6.40. The molecule has 2 saturated heterocycles. The van der Waals surface area contributed by atoms with Crippen LogP contribution in [-0.2, 0) is 25.6 Å². The van der Waals surface area contributed by atoms with Gasteiger partial charge in [-0.2, -0.15) is 0 Å². The molecule has 2 aliphatic rings. The van der Waals surface area contributed by atoms with E-state index in [2.05, 4.69) is 15.3 Å². The fourth-order valence-corrected chi connectivity index (χ4v) is 4.08. The standard InChI is InChI=1S/C23H26N4O4/c1-23(2)30-15-20(31-23)22-21(28-13-16-8-4-3-5-9-16)19(14-29-22)27-12-18(25-26-27)17-10-6-7-11-24-17/h3-12,19-22H,13-15H2,1-2H3/t19-,20-,21-,22+/m0/s1. The zero-order chi connectivity index (χ0) is 21.3. The second-order valence-corrected chi connectivity index (χ2v) is 8.29. The Hall–Kier alpha value is -2.65. The van der Waals surface area contributed by atoms with E-state index in [-0.39, 0.29) is 24.4 Å². The molecule has 2 aliphatic heterocycles. The highest BCUT2D eigenvalue weighted by Gasteiger charge is 2.49. The summed E-state index contributed by atoms with van der Waals surface area (Å²) in [5.74, 6) is -0.629. The predicted molar refractivity (Wildman–Crippen MR) is 112 cm³/mol. The van der Waals surface area contributed by atoms with Crippen molar-refractivity contribution in [2.75, 3.05) is 13.2 Å². The second kappa shape index (κ2) is 8.47. The molecular weight excluding hydrogens is 396 g/mol. The van der Waals surface area contributed by atoms with E-state index < -0.39 is 5.79 Å². The number of hydrogen-bond donors (Lipinski definition) is 0. The second-order valence-electron chi connectivity index (χ2n) is 8.29. The summed E-state index contributed by atoms with van der Waals surface area (Å²) < 4.78 is 26.3. The van der Waals surface area contributed by atoms with Crippen molar-refractivity contribution in [1.29, 1.82) is 0 Å². The number of ether oxygens (including phenoxy) is 4. The van der Waals surface area contributed by atoms with Gasteiger partial charge in [-0.15, -0.1) is 5.10 Å². The fourth-order valence-electron chi connectivity index (χ4n) is 4.08. The van der Waals surface area contributed by atoms with Crippen molar-refractivity contribution in [1.82, 2.24) is 20.0 Å². The summed E-state index contributed by atoms with van der Waals surface area (Å²) in [4.78, 5) is 4.36. The lowest BCUT2D eigenvalue weighted by molar-refractivity contribution is -0.162. The van der Waals surface area contributed by atoms with E-state index in [9.17, 15) is 0 Å². The van der Waals surface area contributed by atoms with Crippen LogP contribution in [0.5, 0.6) is 0 Å². The van der Waals surface area contributed by atoms with Crippen molar-refractivity contribution in [2.24, 2.45) is 0 Å². The molecule has 0 saturated carbocycles. The molecule has 3 aromatic rings. The average Bonchev–Trinajstić information content (AvgIpc) is 3.51. The van der Waals surface area contributed by atoms with Gasteiger partial charge in [-0.3, -0.25) is 4.98 Å². The van der Waals surface area contributed by atoms with Crippen molar-refractivity contribution in [3.63, 3.8) is 0 Å². The highest BCUT2D eigenvalue weighted by molar-refractivity contribution is 5.51. The Morgan fingerprint density at radius 1 is 1.06 bits per heavy atom. The summed E-state index contributed by atoms with van der Waals surface area (Å²) >= 11 is 0. The van der Waals surface area contributed by atoms with Gasteiger partial charge in [-0.25, -0.2) is 4.68 Å². The highest BCUT2D eigenvalue weighted by Crippen LogP contribution is 2.36. The summed E-state index contributed by atoms with van der Waals surface area (Å²) in [6.07, 6.45) is 2.90. The summed E-state index contributed by atoms with van der Waals surface area (Å²) in [6.45, 7) is 5.22. The molecule has 0 unspecified atom stereocenters. The fraction of sp³-hybridized carbons (Fsp3) is 0.435. The van der Waals surface area contributed by atoms with Crippen LogP contribution in [0.15, 0.2) is 60.9 Å². The SMILES string of the molecule is CC1(C)OC[C@@H]([C@H]2OC[C@H](n3cc(-c4ccccn4)nn3)[C@@H]2OCc2ccccc2)O1. The molecule has 4 atom stereocenters. The molecule has 31 heavy (non-hydrogen) atoms. The van der Waals surface area contributed by atoms with Gasteiger partial charge >= 0.3 is 0 Å². The van der Waals surface area contributed by atoms with E-state index in [0.717, 1.165) is 11.3 Å². The van der Waals surface area contributed by atoms with Gasteiger partial charge in [-0.05, 0) is 31.5 Å². The summed E-state index contributed by atoms with van der Waals surface area (Å²) in [5, 5.41) is 8.68. The summed E-state index contributed by atoms with van der Waals surface area (Å²) in [5.41, 5.74) is 2.59. The van der Waals surface area contributed by atoms with Gasteiger partial charge in [0, 0.05) is 6.20 Å². The molecule has 0 N–H and O–H groups in total. The van der Waals surface area contributed by atoms with Crippen LogP contribution < -0.4 is 0 Å². The summed E-state index contributed by atoms with van der Waals surface area (Å²) in [7, 11) is 0. The van der Waals surface area contributed by atoms with Crippen LogP contribution in [-0.4, -0.2) is 57.3 Å². The van der Waals surface area contributed by atoms with Crippen molar-refractivity contribution in [3.8, 4) is 11.4 Å². The monoisotopic (exact) mass is 422 g/mol. The van der Waals surface area contributed by atoms with Crippen molar-refractivity contribution >= 4 is 0 Å². The molecule has 0 radical (unpaired) electrons. The zero-order valence-corrected chi connectivity index (χ0v) is 17.6. The van der Waals surface area contributed by atoms with E-state index in [1.54, 1.807) is 6.20 Å². The van der Waals surface area contributed by atoms with Gasteiger partial charge in [-0.1, -0.05) is 41.6 Å². The minimum absolute atomic E-state index is 0.133. The normalized spacial score (nSPS) is 27.5. The van der Waals surface area contributed by atoms with Gasteiger partial charge < -0.3 is 18.9 Å². The molecule has 5 rings (SSSR count). The minimum atomic E-state index is -0.629. The van der Waals surface area contributed by atoms with Crippen LogP contribution in [0.3, 0.4) is 0 Å². The van der Waals surface area contributed by atoms with Crippen LogP contribution in [0.2, 0.25) is 0 Å². The quantitative estimate of drug-likeness (QED) is 0.604. The van der Waals surface area contributed by atoms with Crippen molar-refractivity contribution in [3.05, 3.63) is 66.5 Å². The zero-order valence-electron chi connectivity index (χ0n) is 17.6. The molecule has 0 spiro atoms. The van der Waals surface area contributed by atoms with E-state index in [0.29, 0.717) is 25.5 Å². The molecule has 2 fully saturated rings. The van der Waals surface area contributed by atoms with Crippen molar-refractivity contribution < 1.29 is 18.9 Å². The van der Waals surface area contributed by atoms with Gasteiger partial charge in [0.05, 0.1) is 31.7 Å².